The summed E-state index contributed by atoms with van der Waals surface area (Å²) >= 11 is 0. The predicted octanol–water partition coefficient (Wildman–Crippen LogP) is 3.13. The van der Waals surface area contributed by atoms with Crippen molar-refractivity contribution in [3.05, 3.63) is 59.2 Å². The third-order valence-electron chi connectivity index (χ3n) is 4.45. The van der Waals surface area contributed by atoms with Crippen LogP contribution in [0.3, 0.4) is 0 Å². The third-order valence-corrected chi connectivity index (χ3v) is 6.49. The van der Waals surface area contributed by atoms with Crippen molar-refractivity contribution in [3.8, 4) is 0 Å². The maximum absolute atomic E-state index is 12.7. The van der Waals surface area contributed by atoms with Crippen molar-refractivity contribution in [3.63, 3.8) is 0 Å². The number of hydrogen-bond donors (Lipinski definition) is 1. The first-order chi connectivity index (χ1) is 13.7. The highest BCUT2D eigenvalue weighted by molar-refractivity contribution is 7.89. The summed E-state index contributed by atoms with van der Waals surface area (Å²) in [4.78, 5) is 24.3. The molecule has 0 spiro atoms. The van der Waals surface area contributed by atoms with E-state index in [1.54, 1.807) is 51.1 Å². The number of esters is 1. The Morgan fingerprint density at radius 1 is 1.00 bits per heavy atom. The second kappa shape index (κ2) is 9.67. The van der Waals surface area contributed by atoms with E-state index in [0.29, 0.717) is 29.9 Å². The van der Waals surface area contributed by atoms with Crippen molar-refractivity contribution in [1.82, 2.24) is 4.31 Å². The fourth-order valence-electron chi connectivity index (χ4n) is 2.70. The quantitative estimate of drug-likeness (QED) is 0.665. The lowest BCUT2D eigenvalue weighted by molar-refractivity contribution is -0.119. The number of amides is 1. The summed E-state index contributed by atoms with van der Waals surface area (Å²) in [6.07, 6.45) is 0. The number of benzene rings is 2. The molecule has 0 fully saturated rings. The van der Waals surface area contributed by atoms with Gasteiger partial charge in [0.15, 0.2) is 6.61 Å². The lowest BCUT2D eigenvalue weighted by atomic mass is 10.1. The first kappa shape index (κ1) is 22.6. The Labute approximate surface area is 171 Å². The fraction of sp³-hybridized carbons (Fsp3) is 0.333. The van der Waals surface area contributed by atoms with Gasteiger partial charge < -0.3 is 10.1 Å². The Morgan fingerprint density at radius 3 is 2.21 bits per heavy atom. The van der Waals surface area contributed by atoms with Crippen LogP contribution >= 0.6 is 0 Å². The maximum Gasteiger partial charge on any atom is 0.338 e. The number of carbonyl (C=O) groups excluding carboxylic acids is 2. The van der Waals surface area contributed by atoms with Gasteiger partial charge >= 0.3 is 5.97 Å². The molecule has 1 amide bonds. The fourth-order valence-corrected chi connectivity index (χ4v) is 4.18. The van der Waals surface area contributed by atoms with Crippen molar-refractivity contribution < 1.29 is 22.7 Å². The molecule has 7 nitrogen and oxygen atoms in total. The minimum atomic E-state index is -3.64. The first-order valence-corrected chi connectivity index (χ1v) is 10.8. The molecule has 0 unspecified atom stereocenters. The van der Waals surface area contributed by atoms with Crippen LogP contribution in [-0.2, 0) is 19.6 Å². The largest absolute Gasteiger partial charge is 0.452 e. The van der Waals surface area contributed by atoms with E-state index in [4.69, 9.17) is 4.74 Å². The van der Waals surface area contributed by atoms with Crippen molar-refractivity contribution in [1.29, 1.82) is 0 Å². The number of ether oxygens (including phenoxy) is 1. The van der Waals surface area contributed by atoms with Crippen molar-refractivity contribution in [2.75, 3.05) is 25.0 Å². The zero-order valence-electron chi connectivity index (χ0n) is 17.1. The lowest BCUT2D eigenvalue weighted by Crippen LogP contribution is -2.30. The minimum absolute atomic E-state index is 0.0961. The molecule has 2 aromatic carbocycles. The molecule has 2 aromatic rings. The molecule has 0 aliphatic heterocycles. The molecule has 0 aliphatic rings. The van der Waals surface area contributed by atoms with Crippen LogP contribution in [0.5, 0.6) is 0 Å². The van der Waals surface area contributed by atoms with E-state index in [9.17, 15) is 18.0 Å². The van der Waals surface area contributed by atoms with Gasteiger partial charge in [-0.1, -0.05) is 37.6 Å². The Kier molecular flexibility index (Phi) is 7.53. The van der Waals surface area contributed by atoms with Crippen LogP contribution in [0.2, 0.25) is 0 Å². The van der Waals surface area contributed by atoms with Crippen LogP contribution in [0.1, 0.15) is 35.3 Å². The molecule has 0 heterocycles. The molecular weight excluding hydrogens is 392 g/mol. The lowest BCUT2D eigenvalue weighted by Gasteiger charge is -2.19. The summed E-state index contributed by atoms with van der Waals surface area (Å²) in [7, 11) is -3.64. The van der Waals surface area contributed by atoms with Gasteiger partial charge in [-0.2, -0.15) is 4.31 Å². The van der Waals surface area contributed by atoms with Crippen LogP contribution < -0.4 is 5.32 Å². The number of nitrogens with zero attached hydrogens (tertiary/aromatic N) is 1. The highest BCUT2D eigenvalue weighted by atomic mass is 32.2. The van der Waals surface area contributed by atoms with Gasteiger partial charge in [0.2, 0.25) is 10.0 Å². The summed E-state index contributed by atoms with van der Waals surface area (Å²) < 4.78 is 31.7. The van der Waals surface area contributed by atoms with Crippen molar-refractivity contribution in [2.45, 2.75) is 32.6 Å². The summed E-state index contributed by atoms with van der Waals surface area (Å²) in [5.74, 6) is -1.15. The van der Waals surface area contributed by atoms with E-state index in [0.717, 1.165) is 5.56 Å². The number of hydrogen-bond acceptors (Lipinski definition) is 5. The Hall–Kier alpha value is -2.71. The Bertz CT molecular complexity index is 981. The molecular formula is C21H26N2O5S. The average Bonchev–Trinajstić information content (AvgIpc) is 2.69. The SMILES string of the molecule is CCN(CC)S(=O)(=O)c1ccc(C)c(NC(=O)COC(=O)c2ccc(C)cc2)c1. The number of anilines is 1. The highest BCUT2D eigenvalue weighted by Gasteiger charge is 2.22. The van der Waals surface area contributed by atoms with Gasteiger partial charge in [-0.05, 0) is 43.7 Å². The first-order valence-electron chi connectivity index (χ1n) is 9.33. The highest BCUT2D eigenvalue weighted by Crippen LogP contribution is 2.23. The van der Waals surface area contributed by atoms with E-state index >= 15 is 0 Å². The third kappa shape index (κ3) is 5.65. The molecule has 1 N–H and O–H groups in total. The molecule has 0 saturated carbocycles. The summed E-state index contributed by atoms with van der Waals surface area (Å²) in [5.41, 5.74) is 2.41. The summed E-state index contributed by atoms with van der Waals surface area (Å²) in [6.45, 7) is 7.41. The number of carbonyl (C=O) groups is 2. The zero-order chi connectivity index (χ0) is 21.6. The van der Waals surface area contributed by atoms with Gasteiger partial charge in [0.1, 0.15) is 0 Å². The molecule has 8 heteroatoms. The van der Waals surface area contributed by atoms with Gasteiger partial charge in [0.25, 0.3) is 5.91 Å². The van der Waals surface area contributed by atoms with Crippen LogP contribution in [-0.4, -0.2) is 44.3 Å². The van der Waals surface area contributed by atoms with E-state index in [2.05, 4.69) is 5.32 Å². The van der Waals surface area contributed by atoms with Gasteiger partial charge in [0.05, 0.1) is 10.5 Å². The standard InChI is InChI=1S/C21H26N2O5S/c1-5-23(6-2)29(26,27)18-12-9-16(4)19(13-18)22-20(24)14-28-21(25)17-10-7-15(3)8-11-17/h7-13H,5-6,14H2,1-4H3,(H,22,24). The van der Waals surface area contributed by atoms with Gasteiger partial charge in [-0.15, -0.1) is 0 Å². The molecule has 156 valence electrons. The molecule has 0 aromatic heterocycles. The number of nitrogens with one attached hydrogen (secondary N) is 1. The Morgan fingerprint density at radius 2 is 1.62 bits per heavy atom. The smallest absolute Gasteiger partial charge is 0.338 e. The second-order valence-electron chi connectivity index (χ2n) is 6.56. The maximum atomic E-state index is 12.7. The molecule has 0 atom stereocenters. The summed E-state index contributed by atoms with van der Waals surface area (Å²) in [5, 5.41) is 2.61. The molecule has 0 aliphatic carbocycles. The van der Waals surface area contributed by atoms with Crippen molar-refractivity contribution in [2.24, 2.45) is 0 Å². The average molecular weight is 419 g/mol. The molecule has 0 bridgehead atoms. The van der Waals surface area contributed by atoms with Crippen molar-refractivity contribution >= 4 is 27.6 Å². The molecule has 2 rings (SSSR count). The number of sulfonamides is 1. The molecule has 0 radical (unpaired) electrons. The Balaban J connectivity index is 2.08. The zero-order valence-corrected chi connectivity index (χ0v) is 17.9. The van der Waals surface area contributed by atoms with Crippen LogP contribution in [0.25, 0.3) is 0 Å². The predicted molar refractivity (Wildman–Crippen MR) is 111 cm³/mol. The minimum Gasteiger partial charge on any atom is -0.452 e. The van der Waals surface area contributed by atoms with Crippen LogP contribution in [0.15, 0.2) is 47.4 Å². The van der Waals surface area contributed by atoms with Crippen LogP contribution in [0, 0.1) is 13.8 Å². The topological polar surface area (TPSA) is 92.8 Å². The normalized spacial score (nSPS) is 11.3. The van der Waals surface area contributed by atoms with E-state index < -0.39 is 28.5 Å². The van der Waals surface area contributed by atoms with Gasteiger partial charge in [0, 0.05) is 18.8 Å². The number of aryl methyl sites for hydroxylation is 2. The molecule has 0 saturated heterocycles. The van der Waals surface area contributed by atoms with Gasteiger partial charge in [-0.3, -0.25) is 4.79 Å². The second-order valence-corrected chi connectivity index (χ2v) is 8.49. The van der Waals surface area contributed by atoms with Crippen LogP contribution in [0.4, 0.5) is 5.69 Å². The van der Waals surface area contributed by atoms with Gasteiger partial charge in [-0.25, -0.2) is 13.2 Å². The summed E-state index contributed by atoms with van der Waals surface area (Å²) in [6, 6.07) is 11.4. The number of rotatable bonds is 8. The molecule has 29 heavy (non-hydrogen) atoms. The van der Waals surface area contributed by atoms with E-state index in [-0.39, 0.29) is 4.90 Å². The van der Waals surface area contributed by atoms with E-state index in [1.807, 2.05) is 6.92 Å². The monoisotopic (exact) mass is 418 g/mol. The van der Waals surface area contributed by atoms with E-state index in [1.165, 1.54) is 16.4 Å².